The Balaban J connectivity index is 4.81. The van der Waals surface area contributed by atoms with E-state index in [1.807, 2.05) is 13.8 Å². The molecule has 0 saturated carbocycles. The fourth-order valence-corrected chi connectivity index (χ4v) is 2.56. The van der Waals surface area contributed by atoms with Gasteiger partial charge in [0.2, 0.25) is 23.6 Å². The van der Waals surface area contributed by atoms with E-state index in [0.29, 0.717) is 19.4 Å². The van der Waals surface area contributed by atoms with Crippen LogP contribution in [-0.2, 0) is 24.0 Å². The third-order valence-corrected chi connectivity index (χ3v) is 4.11. The molecule has 4 amide bonds. The molecule has 0 saturated heterocycles. The second kappa shape index (κ2) is 14.3. The van der Waals surface area contributed by atoms with Gasteiger partial charge >= 0.3 is 5.97 Å². The van der Waals surface area contributed by atoms with Crippen LogP contribution in [0.3, 0.4) is 0 Å². The molecule has 12 heteroatoms. The van der Waals surface area contributed by atoms with Crippen molar-refractivity contribution in [2.75, 3.05) is 13.1 Å². The lowest BCUT2D eigenvalue weighted by molar-refractivity contribution is -0.143. The zero-order chi connectivity index (χ0) is 23.3. The molecule has 3 atom stereocenters. The molecule has 0 aromatic carbocycles. The molecular weight excluding hydrogens is 396 g/mol. The van der Waals surface area contributed by atoms with Gasteiger partial charge in [-0.1, -0.05) is 20.3 Å². The van der Waals surface area contributed by atoms with E-state index in [-0.39, 0.29) is 12.3 Å². The van der Waals surface area contributed by atoms with Crippen LogP contribution < -0.4 is 33.2 Å². The van der Waals surface area contributed by atoms with Crippen molar-refractivity contribution < 1.29 is 29.1 Å². The Labute approximate surface area is 175 Å². The normalized spacial score (nSPS) is 13.8. The number of amides is 4. The van der Waals surface area contributed by atoms with E-state index in [0.717, 1.165) is 6.42 Å². The number of rotatable bonds is 15. The maximum Gasteiger partial charge on any atom is 0.326 e. The third kappa shape index (κ3) is 12.0. The number of carboxylic acids is 1. The lowest BCUT2D eigenvalue weighted by atomic mass is 10.0. The smallest absolute Gasteiger partial charge is 0.326 e. The highest BCUT2D eigenvalue weighted by Crippen LogP contribution is 2.06. The number of aliphatic carboxylic acids is 1. The molecule has 0 rings (SSSR count). The van der Waals surface area contributed by atoms with Gasteiger partial charge < -0.3 is 38.3 Å². The summed E-state index contributed by atoms with van der Waals surface area (Å²) >= 11 is 0. The van der Waals surface area contributed by atoms with Gasteiger partial charge in [-0.3, -0.25) is 19.2 Å². The molecule has 30 heavy (non-hydrogen) atoms. The van der Waals surface area contributed by atoms with Crippen LogP contribution in [0.25, 0.3) is 0 Å². The van der Waals surface area contributed by atoms with Gasteiger partial charge in [-0.05, 0) is 31.7 Å². The maximum absolute atomic E-state index is 12.4. The van der Waals surface area contributed by atoms with Crippen molar-refractivity contribution in [2.45, 2.75) is 64.1 Å². The van der Waals surface area contributed by atoms with Gasteiger partial charge in [0, 0.05) is 0 Å². The highest BCUT2D eigenvalue weighted by Gasteiger charge is 2.28. The van der Waals surface area contributed by atoms with E-state index in [1.54, 1.807) is 0 Å². The minimum Gasteiger partial charge on any atom is -0.480 e. The predicted octanol–water partition coefficient (Wildman–Crippen LogP) is -2.47. The average Bonchev–Trinajstić information content (AvgIpc) is 2.64. The van der Waals surface area contributed by atoms with Crippen molar-refractivity contribution in [3.8, 4) is 0 Å². The summed E-state index contributed by atoms with van der Waals surface area (Å²) in [5, 5.41) is 16.2. The number of carbonyl (C=O) groups is 5. The molecule has 0 spiro atoms. The Morgan fingerprint density at radius 3 is 2.10 bits per heavy atom. The first-order chi connectivity index (χ1) is 14.0. The number of carbonyl (C=O) groups excluding carboxylic acids is 4. The summed E-state index contributed by atoms with van der Waals surface area (Å²) in [5.74, 6) is -4.23. The van der Waals surface area contributed by atoms with Crippen LogP contribution >= 0.6 is 0 Å². The Morgan fingerprint density at radius 2 is 1.60 bits per heavy atom. The number of unbranched alkanes of at least 4 members (excludes halogenated alkanes) is 1. The fraction of sp³-hybridized carbons (Fsp3) is 0.722. The number of hydrogen-bond acceptors (Lipinski definition) is 7. The summed E-state index contributed by atoms with van der Waals surface area (Å²) in [6.07, 6.45) is 1.48. The molecule has 0 aliphatic carbocycles. The minimum atomic E-state index is -1.51. The number of nitrogens with one attached hydrogen (secondary N) is 3. The summed E-state index contributed by atoms with van der Waals surface area (Å²) in [4.78, 5) is 58.7. The van der Waals surface area contributed by atoms with Gasteiger partial charge in [0.1, 0.15) is 12.1 Å². The van der Waals surface area contributed by atoms with Crippen LogP contribution in [0.4, 0.5) is 0 Å². The quantitative estimate of drug-likeness (QED) is 0.138. The molecule has 3 unspecified atom stereocenters. The van der Waals surface area contributed by atoms with Gasteiger partial charge in [-0.15, -0.1) is 0 Å². The van der Waals surface area contributed by atoms with Crippen molar-refractivity contribution in [3.63, 3.8) is 0 Å². The molecule has 0 radical (unpaired) electrons. The summed E-state index contributed by atoms with van der Waals surface area (Å²) < 4.78 is 0. The average molecular weight is 431 g/mol. The number of primary amides is 1. The first kappa shape index (κ1) is 27.3. The summed E-state index contributed by atoms with van der Waals surface area (Å²) in [5.41, 5.74) is 16.1. The molecule has 0 aliphatic rings. The zero-order valence-electron chi connectivity index (χ0n) is 17.5. The first-order valence-corrected chi connectivity index (χ1v) is 9.82. The molecule has 0 bridgehead atoms. The minimum absolute atomic E-state index is 0.00831. The molecule has 0 aromatic rings. The van der Waals surface area contributed by atoms with Crippen LogP contribution in [0.15, 0.2) is 0 Å². The predicted molar refractivity (Wildman–Crippen MR) is 109 cm³/mol. The molecule has 0 aromatic heterocycles. The van der Waals surface area contributed by atoms with Crippen LogP contribution in [0.5, 0.6) is 0 Å². The largest absolute Gasteiger partial charge is 0.480 e. The summed E-state index contributed by atoms with van der Waals surface area (Å²) in [7, 11) is 0. The number of carboxylic acid groups (broad SMARTS) is 1. The lowest BCUT2D eigenvalue weighted by Crippen LogP contribution is -2.54. The Hall–Kier alpha value is -2.73. The van der Waals surface area contributed by atoms with Gasteiger partial charge in [0.05, 0.1) is 19.0 Å². The molecule has 172 valence electrons. The summed E-state index contributed by atoms with van der Waals surface area (Å²) in [6.45, 7) is 3.73. The highest BCUT2D eigenvalue weighted by atomic mass is 16.4. The van der Waals surface area contributed by atoms with Crippen molar-refractivity contribution in [3.05, 3.63) is 0 Å². The van der Waals surface area contributed by atoms with Crippen molar-refractivity contribution in [1.82, 2.24) is 16.0 Å². The van der Waals surface area contributed by atoms with E-state index in [9.17, 15) is 24.0 Å². The highest BCUT2D eigenvalue weighted by molar-refractivity contribution is 5.93. The number of nitrogens with two attached hydrogens (primary N) is 3. The van der Waals surface area contributed by atoms with Crippen LogP contribution in [0.1, 0.15) is 46.0 Å². The van der Waals surface area contributed by atoms with Crippen LogP contribution in [-0.4, -0.2) is 65.9 Å². The fourth-order valence-electron chi connectivity index (χ4n) is 2.56. The van der Waals surface area contributed by atoms with Crippen LogP contribution in [0.2, 0.25) is 0 Å². The Bertz CT molecular complexity index is 612. The first-order valence-electron chi connectivity index (χ1n) is 9.82. The summed E-state index contributed by atoms with van der Waals surface area (Å²) in [6, 6.07) is -3.33. The van der Waals surface area contributed by atoms with Gasteiger partial charge in [0.15, 0.2) is 0 Å². The zero-order valence-corrected chi connectivity index (χ0v) is 17.5. The van der Waals surface area contributed by atoms with E-state index in [4.69, 9.17) is 22.3 Å². The molecule has 12 nitrogen and oxygen atoms in total. The molecular formula is C18H34N6O6. The lowest BCUT2D eigenvalue weighted by Gasteiger charge is -2.22. The molecule has 10 N–H and O–H groups in total. The van der Waals surface area contributed by atoms with Crippen molar-refractivity contribution >= 4 is 29.6 Å². The maximum atomic E-state index is 12.4. The van der Waals surface area contributed by atoms with Crippen molar-refractivity contribution in [2.24, 2.45) is 23.1 Å². The Morgan fingerprint density at radius 1 is 0.967 bits per heavy atom. The van der Waals surface area contributed by atoms with Crippen molar-refractivity contribution in [1.29, 1.82) is 0 Å². The standard InChI is InChI=1S/C18H34N6O6/c1-10(2)7-12(17(28)24-13(18(29)30)8-14(21)25)23-15(26)9-22-16(27)11(20)5-3-4-6-19/h10-13H,3-9,19-20H2,1-2H3,(H2,21,25)(H,22,27)(H,23,26)(H,24,28)(H,29,30). The van der Waals surface area contributed by atoms with E-state index < -0.39 is 60.7 Å². The third-order valence-electron chi connectivity index (χ3n) is 4.11. The van der Waals surface area contributed by atoms with Gasteiger partial charge in [-0.2, -0.15) is 0 Å². The molecule has 0 fully saturated rings. The SMILES string of the molecule is CC(C)CC(NC(=O)CNC(=O)C(N)CCCCN)C(=O)NC(CC(N)=O)C(=O)O. The number of hydrogen-bond donors (Lipinski definition) is 7. The van der Waals surface area contributed by atoms with Gasteiger partial charge in [0.25, 0.3) is 0 Å². The van der Waals surface area contributed by atoms with E-state index in [2.05, 4.69) is 16.0 Å². The molecule has 0 aliphatic heterocycles. The monoisotopic (exact) mass is 430 g/mol. The topological polar surface area (TPSA) is 220 Å². The van der Waals surface area contributed by atoms with E-state index >= 15 is 0 Å². The van der Waals surface area contributed by atoms with E-state index in [1.165, 1.54) is 0 Å². The van der Waals surface area contributed by atoms with Gasteiger partial charge in [-0.25, -0.2) is 4.79 Å². The second-order valence-electron chi connectivity index (χ2n) is 7.43. The van der Waals surface area contributed by atoms with Crippen LogP contribution in [0, 0.1) is 5.92 Å². The molecule has 0 heterocycles. The second-order valence-corrected chi connectivity index (χ2v) is 7.43. The Kier molecular flexibility index (Phi) is 13.0.